The van der Waals surface area contributed by atoms with Crippen LogP contribution < -0.4 is 0 Å². The van der Waals surface area contributed by atoms with Gasteiger partial charge in [0.15, 0.2) is 0 Å². The zero-order valence-corrected chi connectivity index (χ0v) is 11.4. The van der Waals surface area contributed by atoms with Crippen LogP contribution in [-0.2, 0) is 9.47 Å². The first-order valence-corrected chi connectivity index (χ1v) is 6.73. The van der Waals surface area contributed by atoms with E-state index in [1.165, 1.54) is 0 Å². The Morgan fingerprint density at radius 1 is 1.21 bits per heavy atom. The Morgan fingerprint density at radius 2 is 1.95 bits per heavy atom. The van der Waals surface area contributed by atoms with E-state index in [9.17, 15) is 13.2 Å². The number of thioether (sulfide) groups is 1. The minimum Gasteiger partial charge on any atom is -0.378 e. The van der Waals surface area contributed by atoms with E-state index in [0.717, 1.165) is 16.3 Å². The molecule has 0 atom stereocenters. The molecule has 1 aromatic rings. The second kappa shape index (κ2) is 8.39. The number of alkyl halides is 3. The summed E-state index contributed by atoms with van der Waals surface area (Å²) >= 11 is 1.62. The fourth-order valence-electron chi connectivity index (χ4n) is 1.24. The van der Waals surface area contributed by atoms with Crippen LogP contribution in [0, 0.1) is 6.92 Å². The van der Waals surface area contributed by atoms with Crippen LogP contribution in [-0.4, -0.2) is 43.3 Å². The van der Waals surface area contributed by atoms with E-state index in [-0.39, 0.29) is 13.2 Å². The summed E-state index contributed by atoms with van der Waals surface area (Å²) in [6.07, 6.45) is -2.53. The van der Waals surface area contributed by atoms with Gasteiger partial charge in [0.05, 0.1) is 19.8 Å². The predicted octanol–water partition coefficient (Wildman–Crippen LogP) is 3.08. The van der Waals surface area contributed by atoms with Gasteiger partial charge in [0.25, 0.3) is 0 Å². The highest BCUT2D eigenvalue weighted by atomic mass is 32.2. The van der Waals surface area contributed by atoms with Crippen molar-refractivity contribution in [3.05, 3.63) is 24.0 Å². The third-order valence-corrected chi connectivity index (χ3v) is 2.96. The van der Waals surface area contributed by atoms with E-state index in [1.54, 1.807) is 18.0 Å². The molecule has 0 bridgehead atoms. The van der Waals surface area contributed by atoms with Crippen LogP contribution in [0.25, 0.3) is 0 Å². The lowest BCUT2D eigenvalue weighted by Gasteiger charge is -2.08. The minimum atomic E-state index is -4.27. The standard InChI is InChI=1S/C12H16F3NO2S/c1-10-8-11(2-3-16-10)19-7-6-17-4-5-18-9-12(13,14)15/h2-3,8H,4-7,9H2,1H3. The number of hydrogen-bond acceptors (Lipinski definition) is 4. The summed E-state index contributed by atoms with van der Waals surface area (Å²) in [7, 11) is 0. The SMILES string of the molecule is Cc1cc(SCCOCCOCC(F)(F)F)ccn1. The van der Waals surface area contributed by atoms with Crippen molar-refractivity contribution in [3.63, 3.8) is 0 Å². The average Bonchev–Trinajstić information content (AvgIpc) is 2.31. The molecule has 19 heavy (non-hydrogen) atoms. The highest BCUT2D eigenvalue weighted by Gasteiger charge is 2.27. The summed E-state index contributed by atoms with van der Waals surface area (Å²) < 4.78 is 44.8. The molecule has 3 nitrogen and oxygen atoms in total. The number of nitrogens with zero attached hydrogens (tertiary/aromatic N) is 1. The molecule has 0 saturated heterocycles. The Kier molecular flexibility index (Phi) is 7.19. The summed E-state index contributed by atoms with van der Waals surface area (Å²) in [6, 6.07) is 3.88. The van der Waals surface area contributed by atoms with Gasteiger partial charge < -0.3 is 9.47 Å². The Bertz CT molecular complexity index is 374. The second-order valence-corrected chi connectivity index (χ2v) is 4.93. The molecule has 0 aromatic carbocycles. The Labute approximate surface area is 114 Å². The maximum Gasteiger partial charge on any atom is 0.411 e. The predicted molar refractivity (Wildman–Crippen MR) is 67.4 cm³/mol. The lowest BCUT2D eigenvalue weighted by molar-refractivity contribution is -0.176. The molecule has 0 radical (unpaired) electrons. The number of pyridine rings is 1. The summed E-state index contributed by atoms with van der Waals surface area (Å²) in [5, 5.41) is 0. The van der Waals surface area contributed by atoms with E-state index < -0.39 is 12.8 Å². The number of aryl methyl sites for hydroxylation is 1. The third-order valence-electron chi connectivity index (χ3n) is 2.00. The van der Waals surface area contributed by atoms with Gasteiger partial charge >= 0.3 is 6.18 Å². The molecule has 0 spiro atoms. The Balaban J connectivity index is 1.97. The topological polar surface area (TPSA) is 31.4 Å². The average molecular weight is 295 g/mol. The van der Waals surface area contributed by atoms with E-state index in [0.29, 0.717) is 6.61 Å². The van der Waals surface area contributed by atoms with Gasteiger partial charge in [-0.2, -0.15) is 13.2 Å². The molecule has 0 saturated carbocycles. The third kappa shape index (κ3) is 8.85. The monoisotopic (exact) mass is 295 g/mol. The molecule has 0 aliphatic heterocycles. The van der Waals surface area contributed by atoms with Crippen LogP contribution in [0.2, 0.25) is 0 Å². The molecular weight excluding hydrogens is 279 g/mol. The van der Waals surface area contributed by atoms with E-state index in [4.69, 9.17) is 4.74 Å². The van der Waals surface area contributed by atoms with Crippen molar-refractivity contribution in [1.82, 2.24) is 4.98 Å². The van der Waals surface area contributed by atoms with Gasteiger partial charge in [0.2, 0.25) is 0 Å². The molecule has 0 aliphatic carbocycles. The quantitative estimate of drug-likeness (QED) is 0.545. The zero-order chi connectivity index (χ0) is 14.1. The van der Waals surface area contributed by atoms with Gasteiger partial charge in [0.1, 0.15) is 6.61 Å². The summed E-state index contributed by atoms with van der Waals surface area (Å²) in [5.41, 5.74) is 0.950. The normalized spacial score (nSPS) is 11.8. The molecular formula is C12H16F3NO2S. The number of halogens is 3. The smallest absolute Gasteiger partial charge is 0.378 e. The number of hydrogen-bond donors (Lipinski definition) is 0. The fourth-order valence-corrected chi connectivity index (χ4v) is 2.08. The van der Waals surface area contributed by atoms with Crippen molar-refractivity contribution in [3.8, 4) is 0 Å². The molecule has 0 N–H and O–H groups in total. The lowest BCUT2D eigenvalue weighted by atomic mass is 10.4. The van der Waals surface area contributed by atoms with Crippen LogP contribution in [0.4, 0.5) is 13.2 Å². The number of ether oxygens (including phenoxy) is 2. The van der Waals surface area contributed by atoms with E-state index in [2.05, 4.69) is 9.72 Å². The maximum absolute atomic E-state index is 11.7. The zero-order valence-electron chi connectivity index (χ0n) is 10.6. The van der Waals surface area contributed by atoms with Gasteiger partial charge in [-0.05, 0) is 19.1 Å². The maximum atomic E-state index is 11.7. The first kappa shape index (κ1) is 16.3. The molecule has 1 aromatic heterocycles. The largest absolute Gasteiger partial charge is 0.411 e. The lowest BCUT2D eigenvalue weighted by Crippen LogP contribution is -2.19. The van der Waals surface area contributed by atoms with E-state index >= 15 is 0 Å². The molecule has 0 fully saturated rings. The van der Waals surface area contributed by atoms with Crippen molar-refractivity contribution >= 4 is 11.8 Å². The van der Waals surface area contributed by atoms with E-state index in [1.807, 2.05) is 19.1 Å². The highest BCUT2D eigenvalue weighted by Crippen LogP contribution is 2.17. The van der Waals surface area contributed by atoms with Gasteiger partial charge in [0, 0.05) is 22.5 Å². The van der Waals surface area contributed by atoms with Crippen molar-refractivity contribution < 1.29 is 22.6 Å². The van der Waals surface area contributed by atoms with Crippen molar-refractivity contribution in [2.75, 3.05) is 32.2 Å². The summed E-state index contributed by atoms with van der Waals surface area (Å²) in [5.74, 6) is 0.739. The summed E-state index contributed by atoms with van der Waals surface area (Å²) in [4.78, 5) is 5.19. The van der Waals surface area contributed by atoms with Crippen molar-refractivity contribution in [2.24, 2.45) is 0 Å². The minimum absolute atomic E-state index is 0.0431. The number of aromatic nitrogens is 1. The second-order valence-electron chi connectivity index (χ2n) is 3.76. The molecule has 0 unspecified atom stereocenters. The van der Waals surface area contributed by atoms with Gasteiger partial charge in [-0.1, -0.05) is 0 Å². The Hall–Kier alpha value is -0.790. The van der Waals surface area contributed by atoms with Crippen LogP contribution in [0.3, 0.4) is 0 Å². The molecule has 108 valence electrons. The van der Waals surface area contributed by atoms with Gasteiger partial charge in [-0.3, -0.25) is 4.98 Å². The molecule has 7 heteroatoms. The van der Waals surface area contributed by atoms with Crippen molar-refractivity contribution in [1.29, 1.82) is 0 Å². The molecule has 1 heterocycles. The van der Waals surface area contributed by atoms with Crippen LogP contribution >= 0.6 is 11.8 Å². The van der Waals surface area contributed by atoms with Crippen molar-refractivity contribution in [2.45, 2.75) is 18.0 Å². The van der Waals surface area contributed by atoms with Gasteiger partial charge in [-0.15, -0.1) is 11.8 Å². The van der Waals surface area contributed by atoms with Crippen LogP contribution in [0.5, 0.6) is 0 Å². The first-order chi connectivity index (χ1) is 8.97. The van der Waals surface area contributed by atoms with Crippen LogP contribution in [0.1, 0.15) is 5.69 Å². The molecule has 0 aliphatic rings. The number of rotatable bonds is 8. The molecule has 1 rings (SSSR count). The first-order valence-electron chi connectivity index (χ1n) is 5.75. The van der Waals surface area contributed by atoms with Crippen LogP contribution in [0.15, 0.2) is 23.2 Å². The fraction of sp³-hybridized carbons (Fsp3) is 0.583. The van der Waals surface area contributed by atoms with Gasteiger partial charge in [-0.25, -0.2) is 0 Å². The molecule has 0 amide bonds. The Morgan fingerprint density at radius 3 is 2.63 bits per heavy atom. The summed E-state index contributed by atoms with van der Waals surface area (Å²) in [6.45, 7) is 1.30. The highest BCUT2D eigenvalue weighted by molar-refractivity contribution is 7.99.